The molecule has 3 aliphatic heterocycles. The van der Waals surface area contributed by atoms with Crippen molar-refractivity contribution in [2.45, 2.75) is 26.3 Å². The second-order valence-electron chi connectivity index (χ2n) is 8.31. The maximum Gasteiger partial charge on any atom is 0.256 e. The first kappa shape index (κ1) is 20.8. The minimum Gasteiger partial charge on any atom is -0.336 e. The van der Waals surface area contributed by atoms with Gasteiger partial charge in [-0.2, -0.15) is 0 Å². The summed E-state index contributed by atoms with van der Waals surface area (Å²) in [7, 11) is -3.39. The van der Waals surface area contributed by atoms with Gasteiger partial charge < -0.3 is 9.80 Å². The Kier molecular flexibility index (Phi) is 5.79. The lowest BCUT2D eigenvalue weighted by Crippen LogP contribution is -2.49. The van der Waals surface area contributed by atoms with Gasteiger partial charge in [-0.15, -0.1) is 4.40 Å². The van der Waals surface area contributed by atoms with Crippen molar-refractivity contribution in [1.82, 2.24) is 14.7 Å². The van der Waals surface area contributed by atoms with Crippen molar-refractivity contribution in [2.24, 2.45) is 4.40 Å². The number of fused-ring (bicyclic) bond motifs is 1. The summed E-state index contributed by atoms with van der Waals surface area (Å²) < 4.78 is 27.0. The van der Waals surface area contributed by atoms with E-state index in [0.29, 0.717) is 37.0 Å². The molecule has 8 heteroatoms. The van der Waals surface area contributed by atoms with Crippen LogP contribution in [0.15, 0.2) is 52.6 Å². The summed E-state index contributed by atoms with van der Waals surface area (Å²) in [6, 6.07) is 8.79. The minimum atomic E-state index is -3.39. The highest BCUT2D eigenvalue weighted by Crippen LogP contribution is 2.19. The molecule has 7 nitrogen and oxygen atoms in total. The fourth-order valence-corrected chi connectivity index (χ4v) is 4.85. The lowest BCUT2D eigenvalue weighted by atomic mass is 10.0. The zero-order valence-electron chi connectivity index (χ0n) is 17.5. The van der Waals surface area contributed by atoms with Gasteiger partial charge in [-0.25, -0.2) is 8.42 Å². The number of amidine groups is 1. The van der Waals surface area contributed by atoms with Gasteiger partial charge in [-0.1, -0.05) is 38.1 Å². The topological polar surface area (TPSA) is 73.3 Å². The second-order valence-corrected chi connectivity index (χ2v) is 10.1. The Morgan fingerprint density at radius 3 is 2.40 bits per heavy atom. The van der Waals surface area contributed by atoms with E-state index in [-0.39, 0.29) is 11.7 Å². The number of carbonyl (C=O) groups is 1. The molecule has 4 rings (SSSR count). The highest BCUT2D eigenvalue weighted by molar-refractivity contribution is 7.90. The maximum atomic E-state index is 12.9. The summed E-state index contributed by atoms with van der Waals surface area (Å²) in [6.45, 7) is 8.65. The molecule has 0 radical (unpaired) electrons. The van der Waals surface area contributed by atoms with Crippen LogP contribution in [0.25, 0.3) is 0 Å². The van der Waals surface area contributed by atoms with Gasteiger partial charge in [0, 0.05) is 45.5 Å². The summed E-state index contributed by atoms with van der Waals surface area (Å²) in [5.41, 5.74) is 3.22. The van der Waals surface area contributed by atoms with Gasteiger partial charge in [0.05, 0.1) is 11.3 Å². The van der Waals surface area contributed by atoms with Crippen molar-refractivity contribution in [3.8, 4) is 0 Å². The van der Waals surface area contributed by atoms with Crippen LogP contribution in [0, 0.1) is 0 Å². The average Bonchev–Trinajstić information content (AvgIpc) is 2.73. The molecule has 0 spiro atoms. The van der Waals surface area contributed by atoms with E-state index in [9.17, 15) is 13.2 Å². The molecule has 1 aromatic rings. The van der Waals surface area contributed by atoms with Crippen LogP contribution in [0.3, 0.4) is 0 Å². The van der Waals surface area contributed by atoms with Crippen LogP contribution < -0.4 is 0 Å². The minimum absolute atomic E-state index is 0.0142. The molecule has 3 aliphatic rings. The predicted octanol–water partition coefficient (Wildman–Crippen LogP) is 1.95. The Morgan fingerprint density at radius 2 is 1.73 bits per heavy atom. The van der Waals surface area contributed by atoms with Crippen LogP contribution in [0.4, 0.5) is 0 Å². The van der Waals surface area contributed by atoms with Gasteiger partial charge in [0.15, 0.2) is 0 Å². The normalized spacial score (nSPS) is 21.3. The van der Waals surface area contributed by atoms with Crippen LogP contribution in [-0.2, 0) is 21.4 Å². The summed E-state index contributed by atoms with van der Waals surface area (Å²) in [5, 5.41) is 0. The standard InChI is InChI=1S/C22H28N4O3S/c1-17(2)19-5-3-18(4-6-19)15-24-9-11-25(12-10-24)22(27)20-7-8-21-23-30(28,29)14-13-26(21)16-20/h3-8,16-17H,9-15H2,1-2H3. The van der Waals surface area contributed by atoms with Crippen molar-refractivity contribution >= 4 is 21.8 Å². The third kappa shape index (κ3) is 4.65. The number of amides is 1. The molecule has 0 atom stereocenters. The summed E-state index contributed by atoms with van der Waals surface area (Å²) in [6.07, 6.45) is 5.00. The number of hydrogen-bond donors (Lipinski definition) is 0. The molecule has 0 N–H and O–H groups in total. The maximum absolute atomic E-state index is 12.9. The molecule has 1 fully saturated rings. The van der Waals surface area contributed by atoms with Crippen molar-refractivity contribution in [3.63, 3.8) is 0 Å². The van der Waals surface area contributed by atoms with E-state index >= 15 is 0 Å². The zero-order chi connectivity index (χ0) is 21.3. The first-order valence-corrected chi connectivity index (χ1v) is 12.0. The van der Waals surface area contributed by atoms with E-state index < -0.39 is 10.0 Å². The lowest BCUT2D eigenvalue weighted by molar-refractivity contribution is -0.128. The van der Waals surface area contributed by atoms with Crippen molar-refractivity contribution in [1.29, 1.82) is 0 Å². The van der Waals surface area contributed by atoms with Crippen molar-refractivity contribution in [2.75, 3.05) is 38.5 Å². The van der Waals surface area contributed by atoms with Gasteiger partial charge in [0.1, 0.15) is 5.84 Å². The third-order valence-corrected chi connectivity index (χ3v) is 6.95. The lowest BCUT2D eigenvalue weighted by Gasteiger charge is -2.35. The molecule has 3 heterocycles. The van der Waals surface area contributed by atoms with E-state index in [2.05, 4.69) is 47.4 Å². The number of piperazine rings is 1. The van der Waals surface area contributed by atoms with Crippen molar-refractivity contribution in [3.05, 3.63) is 59.3 Å². The molecule has 1 aromatic carbocycles. The van der Waals surface area contributed by atoms with E-state index in [0.717, 1.165) is 19.6 Å². The Hall–Kier alpha value is -2.45. The number of hydrogen-bond acceptors (Lipinski definition) is 5. The Balaban J connectivity index is 1.33. The summed E-state index contributed by atoms with van der Waals surface area (Å²) in [4.78, 5) is 18.9. The van der Waals surface area contributed by atoms with Gasteiger partial charge >= 0.3 is 0 Å². The zero-order valence-corrected chi connectivity index (χ0v) is 18.3. The summed E-state index contributed by atoms with van der Waals surface area (Å²) >= 11 is 0. The van der Waals surface area contributed by atoms with Gasteiger partial charge in [0.25, 0.3) is 15.9 Å². The highest BCUT2D eigenvalue weighted by atomic mass is 32.2. The first-order valence-electron chi connectivity index (χ1n) is 10.4. The molecule has 0 aliphatic carbocycles. The fraction of sp³-hybridized carbons (Fsp3) is 0.455. The Bertz CT molecular complexity index is 1000. The molecule has 160 valence electrons. The van der Waals surface area contributed by atoms with E-state index in [1.54, 1.807) is 23.3 Å². The first-order chi connectivity index (χ1) is 14.3. The van der Waals surface area contributed by atoms with Crippen molar-refractivity contribution < 1.29 is 13.2 Å². The van der Waals surface area contributed by atoms with Crippen LogP contribution in [0.5, 0.6) is 0 Å². The quantitative estimate of drug-likeness (QED) is 0.733. The molecule has 0 bridgehead atoms. The monoisotopic (exact) mass is 428 g/mol. The number of sulfonamides is 1. The molecule has 0 unspecified atom stereocenters. The van der Waals surface area contributed by atoms with Crippen LogP contribution >= 0.6 is 0 Å². The molecular formula is C22H28N4O3S. The Morgan fingerprint density at radius 1 is 1.03 bits per heavy atom. The van der Waals surface area contributed by atoms with E-state index in [4.69, 9.17) is 0 Å². The van der Waals surface area contributed by atoms with E-state index in [1.807, 2.05) is 4.90 Å². The predicted molar refractivity (Wildman–Crippen MR) is 118 cm³/mol. The van der Waals surface area contributed by atoms with Gasteiger partial charge in [-0.05, 0) is 29.2 Å². The number of carbonyl (C=O) groups excluding carboxylic acids is 1. The number of rotatable bonds is 4. The average molecular weight is 429 g/mol. The molecule has 0 aromatic heterocycles. The van der Waals surface area contributed by atoms with Gasteiger partial charge in [-0.3, -0.25) is 9.69 Å². The Labute approximate surface area is 178 Å². The SMILES string of the molecule is CC(C)c1ccc(CN2CCN(C(=O)C3=CN4CCS(=O)(=O)N=C4C=C3)CC2)cc1. The van der Waals surface area contributed by atoms with Crippen LogP contribution in [0.1, 0.15) is 30.9 Å². The smallest absolute Gasteiger partial charge is 0.256 e. The largest absolute Gasteiger partial charge is 0.336 e. The van der Waals surface area contributed by atoms with E-state index in [1.165, 1.54) is 11.1 Å². The molecule has 0 saturated carbocycles. The van der Waals surface area contributed by atoms with Crippen LogP contribution in [-0.4, -0.2) is 73.3 Å². The van der Waals surface area contributed by atoms with Gasteiger partial charge in [0.2, 0.25) is 0 Å². The molecular weight excluding hydrogens is 400 g/mol. The second kappa shape index (κ2) is 8.35. The number of nitrogens with zero attached hydrogens (tertiary/aromatic N) is 4. The molecule has 1 saturated heterocycles. The molecule has 1 amide bonds. The third-order valence-electron chi connectivity index (χ3n) is 5.78. The van der Waals surface area contributed by atoms with Crippen LogP contribution in [0.2, 0.25) is 0 Å². The number of benzene rings is 1. The molecule has 30 heavy (non-hydrogen) atoms. The highest BCUT2D eigenvalue weighted by Gasteiger charge is 2.28. The summed E-state index contributed by atoms with van der Waals surface area (Å²) in [5.74, 6) is 0.873. The fourth-order valence-electron chi connectivity index (χ4n) is 3.89.